The van der Waals surface area contributed by atoms with Crippen molar-refractivity contribution in [2.75, 3.05) is 28.7 Å². The molecule has 0 spiro atoms. The number of hydrogen-bond donors (Lipinski definition) is 5. The summed E-state index contributed by atoms with van der Waals surface area (Å²) < 4.78 is 102. The third-order valence-corrected chi connectivity index (χ3v) is 17.8. The SMILES string of the molecule is CC(C)(C)OC(=O)NC1=N[C@@]2(c3cc(N)ccc3F)CCC(F)C[C@H]2CS1.CC(C)(C)OC(=O)NC1=N[C@@]2(c3cc(N)ccc3F)CC[C@H](F)C[C@H]2CS1.CC(C)(C)OC(=O)NC1=N[C@@]2(c3cc([N+](=O)[O-])ccc3F)CCC(F)C[C@H]2CS1. The fourth-order valence-electron chi connectivity index (χ4n) is 11.2. The smallest absolute Gasteiger partial charge is 0.413 e. The zero-order valence-corrected chi connectivity index (χ0v) is 50.3. The number of nitro benzene ring substituents is 1. The molecule has 3 amide bonds. The lowest BCUT2D eigenvalue weighted by Crippen LogP contribution is -2.47. The molecule has 9 atom stereocenters. The van der Waals surface area contributed by atoms with Crippen molar-refractivity contribution < 1.29 is 59.9 Å². The molecule has 3 aliphatic carbocycles. The Morgan fingerprint density at radius 2 is 0.831 bits per heavy atom. The van der Waals surface area contributed by atoms with Crippen molar-refractivity contribution >= 4 is 86.1 Å². The normalized spacial score (nSPS) is 27.7. The number of amidine groups is 3. The van der Waals surface area contributed by atoms with Crippen molar-refractivity contribution in [2.24, 2.45) is 32.7 Å². The number of ether oxygens (including phenoxy) is 3. The number of alkyl carbamates (subject to hydrolysis) is 3. The van der Waals surface area contributed by atoms with Gasteiger partial charge in [-0.05, 0) is 163 Å². The van der Waals surface area contributed by atoms with Gasteiger partial charge in [-0.15, -0.1) is 0 Å². The molecule has 0 bridgehead atoms. The maximum Gasteiger partial charge on any atom is 0.413 e. The maximum atomic E-state index is 14.8. The van der Waals surface area contributed by atoms with E-state index >= 15 is 0 Å². The highest BCUT2D eigenvalue weighted by Crippen LogP contribution is 2.54. The molecule has 0 radical (unpaired) electrons. The number of nitrogens with zero attached hydrogens (tertiary/aromatic N) is 4. The third kappa shape index (κ3) is 16.3. The maximum absolute atomic E-state index is 14.8. The van der Waals surface area contributed by atoms with Gasteiger partial charge in [0.1, 0.15) is 52.8 Å². The van der Waals surface area contributed by atoms with Gasteiger partial charge in [0.15, 0.2) is 15.5 Å². The molecule has 3 fully saturated rings. The van der Waals surface area contributed by atoms with Gasteiger partial charge in [-0.1, -0.05) is 35.3 Å². The number of nitrogens with two attached hydrogens (primary N) is 2. The van der Waals surface area contributed by atoms with Gasteiger partial charge in [0.2, 0.25) is 0 Å². The standard InChI is InChI=1S/C19H23F2N3O4S.2C19H25F2N3O2S/c1-18(2,3)28-17(25)22-16-23-19(7-6-12(20)8-11(19)10-29-16)14-9-13(24(26)27)4-5-15(14)21;2*1-18(2,3)26-17(25)23-16-24-19(14-9-13(22)4-5-15(14)21)7-6-12(20)8-11(19)10-27-16/h4-5,9,11-12H,6-8,10H2,1-3H3,(H,22,23,25);2*4-5,9,11-12H,6-8,10,22H2,1-3H3,(H,23,24,25)/t2*11-,12?,19-;11-,12-,19-/m000/s1. The number of amides is 3. The van der Waals surface area contributed by atoms with Gasteiger partial charge in [0, 0.05) is 75.2 Å². The molecule has 83 heavy (non-hydrogen) atoms. The molecule has 26 heteroatoms. The number of aliphatic imine (C=N–C) groups is 3. The monoisotopic (exact) mass is 1220 g/mol. The molecule has 3 aromatic carbocycles. The van der Waals surface area contributed by atoms with E-state index in [1.165, 1.54) is 65.6 Å². The Morgan fingerprint density at radius 1 is 0.542 bits per heavy atom. The Kier molecular flexibility index (Phi) is 20.1. The number of hydrogen-bond acceptors (Lipinski definition) is 16. The number of halogens is 6. The Bertz CT molecular complexity index is 2890. The van der Waals surface area contributed by atoms with Crippen LogP contribution < -0.4 is 27.4 Å². The molecule has 3 heterocycles. The highest BCUT2D eigenvalue weighted by molar-refractivity contribution is 8.14. The van der Waals surface area contributed by atoms with Gasteiger partial charge in [-0.25, -0.2) is 40.7 Å². The van der Waals surface area contributed by atoms with Gasteiger partial charge in [0.05, 0.1) is 21.5 Å². The van der Waals surface area contributed by atoms with Crippen LogP contribution in [0.5, 0.6) is 0 Å². The summed E-state index contributed by atoms with van der Waals surface area (Å²) in [6.45, 7) is 15.8. The highest BCUT2D eigenvalue weighted by Gasteiger charge is 2.52. The number of nitrogen functional groups attached to an aromatic ring is 2. The summed E-state index contributed by atoms with van der Waals surface area (Å²) in [6, 6.07) is 12.1. The van der Waals surface area contributed by atoms with Crippen molar-refractivity contribution in [1.82, 2.24) is 16.0 Å². The summed E-state index contributed by atoms with van der Waals surface area (Å²) >= 11 is 3.88. The van der Waals surface area contributed by atoms with E-state index in [9.17, 15) is 50.8 Å². The minimum absolute atomic E-state index is 0.0624. The van der Waals surface area contributed by atoms with E-state index in [2.05, 4.69) is 20.9 Å². The number of nitrogens with one attached hydrogen (secondary N) is 3. The van der Waals surface area contributed by atoms with E-state index in [4.69, 9.17) is 35.7 Å². The fourth-order valence-corrected chi connectivity index (χ4v) is 14.6. The molecule has 6 aliphatic rings. The zero-order chi connectivity index (χ0) is 61.0. The summed E-state index contributed by atoms with van der Waals surface area (Å²) in [4.78, 5) is 61.0. The van der Waals surface area contributed by atoms with E-state index in [0.717, 1.165) is 12.1 Å². The second-order valence-electron chi connectivity index (χ2n) is 24.4. The highest BCUT2D eigenvalue weighted by atomic mass is 32.2. The number of fused-ring (bicyclic) bond motifs is 3. The lowest BCUT2D eigenvalue weighted by Gasteiger charge is -2.45. The van der Waals surface area contributed by atoms with Crippen LogP contribution >= 0.6 is 35.3 Å². The first-order valence-electron chi connectivity index (χ1n) is 27.3. The molecule has 454 valence electrons. The largest absolute Gasteiger partial charge is 0.444 e. The molecular weight excluding hydrogens is 1150 g/mol. The Balaban J connectivity index is 0.000000179. The van der Waals surface area contributed by atoms with Gasteiger partial charge >= 0.3 is 18.3 Å². The predicted octanol–water partition coefficient (Wildman–Crippen LogP) is 13.4. The Labute approximate surface area is 492 Å². The summed E-state index contributed by atoms with van der Waals surface area (Å²) in [5.74, 6) is -0.706. The number of nitro groups is 1. The average Bonchev–Trinajstić information content (AvgIpc) is 1.36. The summed E-state index contributed by atoms with van der Waals surface area (Å²) in [6.07, 6.45) is -2.37. The van der Waals surface area contributed by atoms with Crippen LogP contribution in [0.3, 0.4) is 0 Å². The number of alkyl halides is 3. The molecular formula is C57H73F6N9O8S3. The minimum Gasteiger partial charge on any atom is -0.444 e. The third-order valence-electron chi connectivity index (χ3n) is 14.7. The average molecular weight is 1220 g/mol. The van der Waals surface area contributed by atoms with E-state index in [-0.39, 0.29) is 53.4 Å². The van der Waals surface area contributed by atoms with E-state index in [1.807, 2.05) is 0 Å². The number of thioether (sulfide) groups is 3. The van der Waals surface area contributed by atoms with Gasteiger partial charge in [-0.3, -0.25) is 41.0 Å². The number of anilines is 2. The van der Waals surface area contributed by atoms with Gasteiger partial charge < -0.3 is 25.7 Å². The molecule has 0 aromatic heterocycles. The van der Waals surface area contributed by atoms with Crippen molar-refractivity contribution in [2.45, 2.75) is 172 Å². The second-order valence-corrected chi connectivity index (χ2v) is 27.5. The zero-order valence-electron chi connectivity index (χ0n) is 47.8. The van der Waals surface area contributed by atoms with Crippen molar-refractivity contribution in [1.29, 1.82) is 0 Å². The van der Waals surface area contributed by atoms with E-state index < -0.39 is 92.6 Å². The van der Waals surface area contributed by atoms with Crippen LogP contribution in [0.25, 0.3) is 0 Å². The Morgan fingerprint density at radius 3 is 1.12 bits per heavy atom. The molecule has 3 saturated carbocycles. The summed E-state index contributed by atoms with van der Waals surface area (Å²) in [5, 5.41) is 20.0. The number of non-ortho nitro benzene ring substituents is 1. The van der Waals surface area contributed by atoms with Crippen LogP contribution in [0.2, 0.25) is 0 Å². The molecule has 3 aromatic rings. The van der Waals surface area contributed by atoms with Crippen LogP contribution in [-0.2, 0) is 30.8 Å². The Hall–Kier alpha value is -5.89. The molecule has 17 nitrogen and oxygen atoms in total. The van der Waals surface area contributed by atoms with Gasteiger partial charge in [-0.2, -0.15) is 0 Å². The van der Waals surface area contributed by atoms with Crippen molar-refractivity contribution in [3.63, 3.8) is 0 Å². The second kappa shape index (κ2) is 25.8. The van der Waals surface area contributed by atoms with Crippen LogP contribution in [-0.4, -0.2) is 91.3 Å². The van der Waals surface area contributed by atoms with Crippen LogP contribution in [0, 0.1) is 45.3 Å². The first kappa shape index (κ1) is 64.7. The summed E-state index contributed by atoms with van der Waals surface area (Å²) in [5.41, 5.74) is 8.12. The lowest BCUT2D eigenvalue weighted by atomic mass is 9.69. The summed E-state index contributed by atoms with van der Waals surface area (Å²) in [7, 11) is 0. The van der Waals surface area contributed by atoms with Crippen LogP contribution in [0.4, 0.5) is 57.8 Å². The van der Waals surface area contributed by atoms with Crippen molar-refractivity contribution in [3.8, 4) is 0 Å². The molecule has 9 rings (SSSR count). The van der Waals surface area contributed by atoms with E-state index in [1.54, 1.807) is 74.4 Å². The van der Waals surface area contributed by atoms with Crippen LogP contribution in [0.15, 0.2) is 69.6 Å². The molecule has 7 N–H and O–H groups in total. The predicted molar refractivity (Wildman–Crippen MR) is 314 cm³/mol. The number of benzene rings is 3. The fraction of sp³-hybridized carbons (Fsp3) is 0.579. The topological polar surface area (TPSA) is 247 Å². The van der Waals surface area contributed by atoms with Crippen molar-refractivity contribution in [3.05, 3.63) is 98.9 Å². The van der Waals surface area contributed by atoms with Crippen LogP contribution in [0.1, 0.15) is 137 Å². The van der Waals surface area contributed by atoms with Gasteiger partial charge in [0.25, 0.3) is 5.69 Å². The molecule has 2 unspecified atom stereocenters. The lowest BCUT2D eigenvalue weighted by molar-refractivity contribution is -0.385. The van der Waals surface area contributed by atoms with E-state index in [0.29, 0.717) is 88.6 Å². The number of rotatable bonds is 4. The first-order valence-corrected chi connectivity index (χ1v) is 30.3. The minimum atomic E-state index is -1.17. The molecule has 3 aliphatic heterocycles. The number of carbonyl (C=O) groups excluding carboxylic acids is 3. The first-order chi connectivity index (χ1) is 38.7. The quantitative estimate of drug-likeness (QED) is 0.0537. The number of carbonyl (C=O) groups is 3. The molecule has 0 saturated heterocycles.